The molecule has 0 saturated heterocycles. The second-order valence-electron chi connectivity index (χ2n) is 6.36. The molecule has 0 bridgehead atoms. The maximum atomic E-state index is 12.9. The molecule has 1 amide bonds. The minimum atomic E-state index is -0.754. The van der Waals surface area contributed by atoms with E-state index >= 15 is 0 Å². The highest BCUT2D eigenvalue weighted by Crippen LogP contribution is 2.38. The molecule has 1 heterocycles. The smallest absolute Gasteiger partial charge is 0.290 e. The first-order valence-corrected chi connectivity index (χ1v) is 8.82. The Kier molecular flexibility index (Phi) is 5.91. The number of phenolic OH excluding ortho intramolecular Hbond substituents is 1. The van der Waals surface area contributed by atoms with Gasteiger partial charge in [-0.05, 0) is 29.3 Å². The van der Waals surface area contributed by atoms with Crippen molar-refractivity contribution in [1.82, 2.24) is 4.90 Å². The Morgan fingerprint density at radius 2 is 1.79 bits per heavy atom. The van der Waals surface area contributed by atoms with Crippen molar-refractivity contribution in [3.05, 3.63) is 83.1 Å². The largest absolute Gasteiger partial charge is 0.508 e. The molecule has 0 radical (unpaired) electrons. The van der Waals surface area contributed by atoms with Gasteiger partial charge < -0.3 is 19.8 Å². The van der Waals surface area contributed by atoms with E-state index in [0.29, 0.717) is 5.56 Å². The van der Waals surface area contributed by atoms with E-state index in [0.717, 1.165) is 5.56 Å². The fourth-order valence-corrected chi connectivity index (χ4v) is 3.15. The summed E-state index contributed by atoms with van der Waals surface area (Å²) in [5, 5.41) is 20.0. The number of amides is 1. The van der Waals surface area contributed by atoms with Crippen LogP contribution in [0.15, 0.2) is 72.0 Å². The lowest BCUT2D eigenvalue weighted by Gasteiger charge is -2.26. The average Bonchev–Trinajstić information content (AvgIpc) is 2.96. The molecule has 144 valence electrons. The summed E-state index contributed by atoms with van der Waals surface area (Å²) < 4.78 is 5.06. The van der Waals surface area contributed by atoms with Crippen molar-refractivity contribution in [2.24, 2.45) is 0 Å². The number of carbonyl (C=O) groups excluding carboxylic acids is 2. The van der Waals surface area contributed by atoms with Gasteiger partial charge in [0.15, 0.2) is 11.5 Å². The van der Waals surface area contributed by atoms with Crippen LogP contribution >= 0.6 is 0 Å². The first-order chi connectivity index (χ1) is 13.5. The van der Waals surface area contributed by atoms with Crippen LogP contribution in [0.4, 0.5) is 0 Å². The molecule has 28 heavy (non-hydrogen) atoms. The molecule has 0 aliphatic carbocycles. The van der Waals surface area contributed by atoms with Gasteiger partial charge in [-0.15, -0.1) is 0 Å². The van der Waals surface area contributed by atoms with Crippen LogP contribution in [0.3, 0.4) is 0 Å². The van der Waals surface area contributed by atoms with Crippen molar-refractivity contribution in [1.29, 1.82) is 0 Å². The first-order valence-electron chi connectivity index (χ1n) is 8.82. The van der Waals surface area contributed by atoms with E-state index in [2.05, 4.69) is 0 Å². The molecule has 3 rings (SSSR count). The number of hydrogen-bond acceptors (Lipinski definition) is 5. The predicted molar refractivity (Wildman–Crippen MR) is 105 cm³/mol. The maximum Gasteiger partial charge on any atom is 0.290 e. The molecule has 2 aromatic carbocycles. The molecule has 1 unspecified atom stereocenters. The predicted octanol–water partition coefficient (Wildman–Crippen LogP) is 3.02. The van der Waals surface area contributed by atoms with E-state index in [1.807, 2.05) is 30.3 Å². The van der Waals surface area contributed by atoms with Gasteiger partial charge in [-0.1, -0.05) is 48.5 Å². The Labute approximate surface area is 163 Å². The van der Waals surface area contributed by atoms with Crippen molar-refractivity contribution >= 4 is 17.8 Å². The molecular weight excluding hydrogens is 358 g/mol. The van der Waals surface area contributed by atoms with Crippen molar-refractivity contribution in [2.75, 3.05) is 20.3 Å². The zero-order valence-electron chi connectivity index (χ0n) is 15.4. The zero-order valence-corrected chi connectivity index (χ0v) is 15.4. The van der Waals surface area contributed by atoms with E-state index in [-0.39, 0.29) is 24.5 Å². The van der Waals surface area contributed by atoms with Gasteiger partial charge in [0.05, 0.1) is 18.2 Å². The highest BCUT2D eigenvalue weighted by atomic mass is 16.5. The van der Waals surface area contributed by atoms with Crippen LogP contribution in [0, 0.1) is 0 Å². The lowest BCUT2D eigenvalue weighted by Crippen LogP contribution is -2.33. The van der Waals surface area contributed by atoms with Crippen LogP contribution in [0.2, 0.25) is 0 Å². The molecule has 0 fully saturated rings. The van der Waals surface area contributed by atoms with Crippen LogP contribution in [0.25, 0.3) is 6.08 Å². The number of ether oxygens (including phenoxy) is 1. The quantitative estimate of drug-likeness (QED) is 0.722. The van der Waals surface area contributed by atoms with Gasteiger partial charge in [0.2, 0.25) is 0 Å². The van der Waals surface area contributed by atoms with Gasteiger partial charge >= 0.3 is 0 Å². The van der Waals surface area contributed by atoms with Crippen LogP contribution in [-0.4, -0.2) is 47.1 Å². The highest BCUT2D eigenvalue weighted by molar-refractivity contribution is 6.14. The Morgan fingerprint density at radius 3 is 2.43 bits per heavy atom. The van der Waals surface area contributed by atoms with E-state index in [9.17, 15) is 19.8 Å². The summed E-state index contributed by atoms with van der Waals surface area (Å²) in [6.07, 6.45) is 2.99. The van der Waals surface area contributed by atoms with Gasteiger partial charge in [0, 0.05) is 13.7 Å². The Morgan fingerprint density at radius 1 is 1.11 bits per heavy atom. The highest BCUT2D eigenvalue weighted by Gasteiger charge is 2.42. The summed E-state index contributed by atoms with van der Waals surface area (Å²) in [4.78, 5) is 26.9. The summed E-state index contributed by atoms with van der Waals surface area (Å²) in [7, 11) is 1.51. The maximum absolute atomic E-state index is 12.9. The standard InChI is InChI=1S/C22H21NO5/c1-28-14-13-23-20(16-8-10-17(24)11-9-16)19(21(26)22(23)27)18(25)12-7-15-5-3-2-4-6-15/h2-12,20,24,26H,13-14H2,1H3. The molecule has 6 heteroatoms. The van der Waals surface area contributed by atoms with Gasteiger partial charge in [0.25, 0.3) is 5.91 Å². The van der Waals surface area contributed by atoms with E-state index in [1.165, 1.54) is 30.2 Å². The summed E-state index contributed by atoms with van der Waals surface area (Å²) in [5.41, 5.74) is 1.46. The number of nitrogens with zero attached hydrogens (tertiary/aromatic N) is 1. The molecule has 1 aliphatic rings. The summed E-state index contributed by atoms with van der Waals surface area (Å²) in [5.74, 6) is -1.56. The molecule has 2 N–H and O–H groups in total. The second kappa shape index (κ2) is 8.54. The molecule has 2 aromatic rings. The van der Waals surface area contributed by atoms with Crippen LogP contribution in [0.1, 0.15) is 17.2 Å². The number of phenols is 1. The number of hydrogen-bond donors (Lipinski definition) is 2. The normalized spacial score (nSPS) is 17.0. The minimum absolute atomic E-state index is 0.0129. The summed E-state index contributed by atoms with van der Waals surface area (Å²) in [6, 6.07) is 14.7. The Balaban J connectivity index is 1.97. The topological polar surface area (TPSA) is 87.1 Å². The van der Waals surface area contributed by atoms with Crippen molar-refractivity contribution in [2.45, 2.75) is 6.04 Å². The van der Waals surface area contributed by atoms with Gasteiger partial charge in [0.1, 0.15) is 5.75 Å². The Bertz CT molecular complexity index is 916. The van der Waals surface area contributed by atoms with E-state index in [4.69, 9.17) is 4.74 Å². The molecule has 1 atom stereocenters. The first kappa shape index (κ1) is 19.4. The van der Waals surface area contributed by atoms with E-state index < -0.39 is 23.5 Å². The molecule has 0 aromatic heterocycles. The number of aliphatic hydroxyl groups excluding tert-OH is 1. The summed E-state index contributed by atoms with van der Waals surface area (Å²) >= 11 is 0. The van der Waals surface area contributed by atoms with E-state index in [1.54, 1.807) is 18.2 Å². The van der Waals surface area contributed by atoms with Crippen molar-refractivity contribution in [3.63, 3.8) is 0 Å². The SMILES string of the molecule is COCCN1C(=O)C(O)=C(C(=O)C=Cc2ccccc2)C1c1ccc(O)cc1. The third-order valence-electron chi connectivity index (χ3n) is 4.54. The third kappa shape index (κ3) is 3.97. The average molecular weight is 379 g/mol. The lowest BCUT2D eigenvalue weighted by molar-refractivity contribution is -0.130. The molecular formula is C22H21NO5. The van der Waals surface area contributed by atoms with Gasteiger partial charge in [-0.2, -0.15) is 0 Å². The van der Waals surface area contributed by atoms with Crippen LogP contribution < -0.4 is 0 Å². The van der Waals surface area contributed by atoms with Gasteiger partial charge in [-0.25, -0.2) is 0 Å². The molecule has 6 nitrogen and oxygen atoms in total. The minimum Gasteiger partial charge on any atom is -0.508 e. The number of aromatic hydroxyl groups is 1. The monoisotopic (exact) mass is 379 g/mol. The number of carbonyl (C=O) groups is 2. The molecule has 0 saturated carbocycles. The second-order valence-corrected chi connectivity index (χ2v) is 6.36. The number of rotatable bonds is 7. The number of allylic oxidation sites excluding steroid dienone is 1. The third-order valence-corrected chi connectivity index (χ3v) is 4.54. The fourth-order valence-electron chi connectivity index (χ4n) is 3.15. The van der Waals surface area contributed by atoms with Crippen molar-refractivity contribution in [3.8, 4) is 5.75 Å². The Hall–Kier alpha value is -3.38. The fraction of sp³-hybridized carbons (Fsp3) is 0.182. The van der Waals surface area contributed by atoms with Crippen LogP contribution in [-0.2, 0) is 14.3 Å². The van der Waals surface area contributed by atoms with Gasteiger partial charge in [-0.3, -0.25) is 9.59 Å². The van der Waals surface area contributed by atoms with Crippen molar-refractivity contribution < 1.29 is 24.5 Å². The number of methoxy groups -OCH3 is 1. The number of ketones is 1. The molecule has 1 aliphatic heterocycles. The lowest BCUT2D eigenvalue weighted by atomic mass is 9.95. The molecule has 0 spiro atoms. The zero-order chi connectivity index (χ0) is 20.1. The van der Waals surface area contributed by atoms with Crippen LogP contribution in [0.5, 0.6) is 5.75 Å². The number of benzene rings is 2. The number of aliphatic hydroxyl groups is 1. The summed E-state index contributed by atoms with van der Waals surface area (Å²) in [6.45, 7) is 0.471.